The van der Waals surface area contributed by atoms with E-state index in [1.165, 1.54) is 22.2 Å². The Morgan fingerprint density at radius 2 is 1.85 bits per heavy atom. The fourth-order valence-corrected chi connectivity index (χ4v) is 6.23. The van der Waals surface area contributed by atoms with Crippen LogP contribution >= 0.6 is 23.1 Å². The smallest absolute Gasteiger partial charge is 0.255 e. The highest BCUT2D eigenvalue weighted by Crippen LogP contribution is 2.38. The Kier molecular flexibility index (Phi) is 6.18. The van der Waals surface area contributed by atoms with Crippen molar-refractivity contribution in [2.45, 2.75) is 23.8 Å². The quantitative estimate of drug-likeness (QED) is 0.387. The van der Waals surface area contributed by atoms with Crippen LogP contribution in [0.15, 0.2) is 58.8 Å². The molecule has 3 aromatic heterocycles. The van der Waals surface area contributed by atoms with E-state index in [2.05, 4.69) is 39.8 Å². The minimum absolute atomic E-state index is 0.00722. The predicted octanol–water partition coefficient (Wildman–Crippen LogP) is 4.69. The van der Waals surface area contributed by atoms with Crippen molar-refractivity contribution < 1.29 is 4.79 Å². The molecule has 1 aliphatic rings. The van der Waals surface area contributed by atoms with Gasteiger partial charge in [-0.2, -0.15) is 5.26 Å². The van der Waals surface area contributed by atoms with Gasteiger partial charge in [-0.1, -0.05) is 23.9 Å². The number of piperazine rings is 1. The van der Waals surface area contributed by atoms with Crippen LogP contribution in [0, 0.1) is 25.2 Å². The molecule has 170 valence electrons. The largest absolute Gasteiger partial charge is 0.352 e. The van der Waals surface area contributed by atoms with Crippen LogP contribution in [0.3, 0.4) is 0 Å². The number of rotatable bonds is 4. The Labute approximate surface area is 206 Å². The van der Waals surface area contributed by atoms with Gasteiger partial charge in [-0.15, -0.1) is 11.3 Å². The van der Waals surface area contributed by atoms with Crippen LogP contribution < -0.4 is 4.90 Å². The molecule has 4 aromatic rings. The maximum Gasteiger partial charge on any atom is 0.255 e. The van der Waals surface area contributed by atoms with E-state index >= 15 is 0 Å². The van der Waals surface area contributed by atoms with Gasteiger partial charge in [0.15, 0.2) is 0 Å². The Balaban J connectivity index is 1.36. The molecule has 1 amide bonds. The number of nitrogens with zero attached hydrogens (tertiary/aromatic N) is 6. The summed E-state index contributed by atoms with van der Waals surface area (Å²) in [6, 6.07) is 13.4. The molecule has 0 N–H and O–H groups in total. The van der Waals surface area contributed by atoms with E-state index in [1.807, 2.05) is 29.2 Å². The monoisotopic (exact) mass is 486 g/mol. The second-order valence-corrected chi connectivity index (χ2v) is 10.2. The number of benzene rings is 1. The lowest BCUT2D eigenvalue weighted by atomic mass is 10.1. The lowest BCUT2D eigenvalue weighted by Crippen LogP contribution is -2.49. The van der Waals surface area contributed by atoms with Crippen LogP contribution in [-0.4, -0.2) is 51.9 Å². The summed E-state index contributed by atoms with van der Waals surface area (Å²) in [6.45, 7) is 6.59. The number of nitriles is 1. The number of aryl methyl sites for hydroxylation is 2. The zero-order valence-electron chi connectivity index (χ0n) is 18.9. The van der Waals surface area contributed by atoms with Gasteiger partial charge in [0.2, 0.25) is 0 Å². The summed E-state index contributed by atoms with van der Waals surface area (Å²) < 4.78 is 0. The molecular formula is C25H22N6OS2. The number of amides is 1. The van der Waals surface area contributed by atoms with Gasteiger partial charge in [0.05, 0.1) is 11.1 Å². The zero-order chi connectivity index (χ0) is 23.7. The van der Waals surface area contributed by atoms with Gasteiger partial charge in [0.25, 0.3) is 5.91 Å². The van der Waals surface area contributed by atoms with Gasteiger partial charge < -0.3 is 9.80 Å². The van der Waals surface area contributed by atoms with Crippen molar-refractivity contribution >= 4 is 45.0 Å². The van der Waals surface area contributed by atoms with Crippen LogP contribution in [0.4, 0.5) is 5.82 Å². The molecule has 0 aliphatic carbocycles. The summed E-state index contributed by atoms with van der Waals surface area (Å²) >= 11 is 3.19. The van der Waals surface area contributed by atoms with Gasteiger partial charge in [0, 0.05) is 47.5 Å². The van der Waals surface area contributed by atoms with Crippen molar-refractivity contribution in [3.63, 3.8) is 0 Å². The molecule has 1 aliphatic heterocycles. The minimum atomic E-state index is 0.00722. The average molecular weight is 487 g/mol. The number of fused-ring (bicyclic) bond motifs is 1. The highest BCUT2D eigenvalue weighted by Gasteiger charge is 2.26. The van der Waals surface area contributed by atoms with Crippen LogP contribution in [0.2, 0.25) is 0 Å². The SMILES string of the molecule is Cc1sc2ncnc(Sc3ccccc3C(=O)N3CCN(c4ncccc4C#N)CC3)c2c1C. The highest BCUT2D eigenvalue weighted by molar-refractivity contribution is 7.99. The lowest BCUT2D eigenvalue weighted by molar-refractivity contribution is 0.0743. The van der Waals surface area contributed by atoms with E-state index in [0.717, 1.165) is 20.1 Å². The van der Waals surface area contributed by atoms with Crippen molar-refractivity contribution in [3.05, 3.63) is 70.5 Å². The maximum absolute atomic E-state index is 13.5. The summed E-state index contributed by atoms with van der Waals surface area (Å²) in [6.07, 6.45) is 3.29. The van der Waals surface area contributed by atoms with Gasteiger partial charge >= 0.3 is 0 Å². The summed E-state index contributed by atoms with van der Waals surface area (Å²) in [5.74, 6) is 0.690. The molecule has 1 fully saturated rings. The van der Waals surface area contributed by atoms with Crippen molar-refractivity contribution in [1.29, 1.82) is 5.26 Å². The highest BCUT2D eigenvalue weighted by atomic mass is 32.2. The number of hydrogen-bond donors (Lipinski definition) is 0. The first-order chi connectivity index (χ1) is 16.6. The molecule has 0 spiro atoms. The first-order valence-corrected chi connectivity index (χ1v) is 12.6. The normalized spacial score (nSPS) is 13.8. The van der Waals surface area contributed by atoms with Crippen molar-refractivity contribution in [2.24, 2.45) is 0 Å². The molecule has 7 nitrogen and oxygen atoms in total. The van der Waals surface area contributed by atoms with Crippen LogP contribution in [0.1, 0.15) is 26.4 Å². The second-order valence-electron chi connectivity index (χ2n) is 8.01. The predicted molar refractivity (Wildman–Crippen MR) is 135 cm³/mol. The molecule has 5 rings (SSSR count). The fourth-order valence-electron chi connectivity index (χ4n) is 4.09. The molecule has 1 saturated heterocycles. The molecule has 0 radical (unpaired) electrons. The van der Waals surface area contributed by atoms with Crippen molar-refractivity contribution in [1.82, 2.24) is 19.9 Å². The average Bonchev–Trinajstić information content (AvgIpc) is 3.18. The van der Waals surface area contributed by atoms with Crippen molar-refractivity contribution in [3.8, 4) is 6.07 Å². The zero-order valence-corrected chi connectivity index (χ0v) is 20.5. The standard InChI is InChI=1S/C25H22N6OS2/c1-16-17(2)33-23-21(16)24(29-15-28-23)34-20-8-4-3-7-19(20)25(32)31-12-10-30(11-13-31)22-18(14-26)6-5-9-27-22/h3-9,15H,10-13H2,1-2H3. The number of hydrogen-bond acceptors (Lipinski definition) is 8. The minimum Gasteiger partial charge on any atom is -0.352 e. The van der Waals surface area contributed by atoms with Gasteiger partial charge in [-0.05, 0) is 43.7 Å². The molecule has 9 heteroatoms. The third kappa shape index (κ3) is 4.11. The van der Waals surface area contributed by atoms with Crippen LogP contribution in [-0.2, 0) is 0 Å². The summed E-state index contributed by atoms with van der Waals surface area (Å²) in [5.41, 5.74) is 2.42. The molecule has 34 heavy (non-hydrogen) atoms. The van der Waals surface area contributed by atoms with E-state index in [0.29, 0.717) is 43.1 Å². The number of carbonyl (C=O) groups excluding carboxylic acids is 1. The molecule has 1 aromatic carbocycles. The molecule has 0 saturated carbocycles. The Bertz CT molecular complexity index is 1420. The molecule has 0 atom stereocenters. The van der Waals surface area contributed by atoms with Crippen molar-refractivity contribution in [2.75, 3.05) is 31.1 Å². The number of carbonyl (C=O) groups is 1. The second kappa shape index (κ2) is 9.41. The van der Waals surface area contributed by atoms with E-state index in [4.69, 9.17) is 0 Å². The fraction of sp³-hybridized carbons (Fsp3) is 0.240. The maximum atomic E-state index is 13.5. The number of thiophene rings is 1. The van der Waals surface area contributed by atoms with Crippen LogP contribution in [0.5, 0.6) is 0 Å². The van der Waals surface area contributed by atoms with E-state index in [9.17, 15) is 10.1 Å². The number of anilines is 1. The number of aromatic nitrogens is 3. The lowest BCUT2D eigenvalue weighted by Gasteiger charge is -2.36. The topological polar surface area (TPSA) is 86.0 Å². The Morgan fingerprint density at radius 3 is 2.65 bits per heavy atom. The molecule has 4 heterocycles. The third-order valence-electron chi connectivity index (χ3n) is 6.03. The summed E-state index contributed by atoms with van der Waals surface area (Å²) in [5, 5.41) is 11.3. The summed E-state index contributed by atoms with van der Waals surface area (Å²) in [7, 11) is 0. The Morgan fingerprint density at radius 1 is 1.06 bits per heavy atom. The summed E-state index contributed by atoms with van der Waals surface area (Å²) in [4.78, 5) is 33.9. The van der Waals surface area contributed by atoms with Gasteiger partial charge in [-0.25, -0.2) is 15.0 Å². The van der Waals surface area contributed by atoms with Gasteiger partial charge in [0.1, 0.15) is 28.1 Å². The first-order valence-electron chi connectivity index (χ1n) is 10.9. The Hall–Kier alpha value is -3.48. The molecule has 0 bridgehead atoms. The third-order valence-corrected chi connectivity index (χ3v) is 8.22. The van der Waals surface area contributed by atoms with Gasteiger partial charge in [-0.3, -0.25) is 4.79 Å². The van der Waals surface area contributed by atoms with Crippen LogP contribution in [0.25, 0.3) is 10.2 Å². The van der Waals surface area contributed by atoms with E-state index < -0.39 is 0 Å². The van der Waals surface area contributed by atoms with E-state index in [1.54, 1.807) is 36.0 Å². The van der Waals surface area contributed by atoms with E-state index in [-0.39, 0.29) is 5.91 Å². The molecule has 0 unspecified atom stereocenters. The first kappa shape index (κ1) is 22.3. The number of pyridine rings is 1. The molecular weight excluding hydrogens is 464 g/mol.